The summed E-state index contributed by atoms with van der Waals surface area (Å²) in [5, 5.41) is 5.40. The summed E-state index contributed by atoms with van der Waals surface area (Å²) in [4.78, 5) is 25.9. The van der Waals surface area contributed by atoms with Gasteiger partial charge in [-0.1, -0.05) is 6.07 Å². The number of hydrogen-bond donors (Lipinski definition) is 2. The lowest BCUT2D eigenvalue weighted by Crippen LogP contribution is -2.44. The van der Waals surface area contributed by atoms with Crippen LogP contribution in [0.25, 0.3) is 0 Å². The molecule has 0 aliphatic carbocycles. The number of nitrogens with zero attached hydrogens (tertiary/aromatic N) is 1. The molecule has 22 heavy (non-hydrogen) atoms. The topological polar surface area (TPSA) is 70.7 Å². The zero-order valence-electron chi connectivity index (χ0n) is 13.5. The van der Waals surface area contributed by atoms with E-state index in [9.17, 15) is 9.59 Å². The highest BCUT2D eigenvalue weighted by Crippen LogP contribution is 2.16. The molecule has 1 heterocycles. The number of rotatable bonds is 3. The molecule has 1 saturated heterocycles. The number of benzene rings is 1. The van der Waals surface area contributed by atoms with E-state index in [1.54, 1.807) is 12.1 Å². The van der Waals surface area contributed by atoms with E-state index in [0.717, 1.165) is 17.7 Å². The van der Waals surface area contributed by atoms with Crippen molar-refractivity contribution in [1.29, 1.82) is 0 Å². The predicted molar refractivity (Wildman–Crippen MR) is 84.0 cm³/mol. The van der Waals surface area contributed by atoms with Crippen LogP contribution in [0.3, 0.4) is 0 Å². The molecule has 1 aromatic rings. The highest BCUT2D eigenvalue weighted by molar-refractivity contribution is 5.95. The Labute approximate surface area is 130 Å². The summed E-state index contributed by atoms with van der Waals surface area (Å²) in [6.07, 6.45) is -0.0690. The van der Waals surface area contributed by atoms with Crippen LogP contribution in [-0.4, -0.2) is 49.6 Å². The third-order valence-electron chi connectivity index (χ3n) is 3.79. The molecule has 2 rings (SSSR count). The Morgan fingerprint density at radius 3 is 2.41 bits per heavy atom. The largest absolute Gasteiger partial charge is 0.419 e. The van der Waals surface area contributed by atoms with Gasteiger partial charge in [-0.05, 0) is 57.6 Å². The predicted octanol–water partition coefficient (Wildman–Crippen LogP) is 1.21. The second-order valence-corrected chi connectivity index (χ2v) is 6.02. The number of carbonyl (C=O) groups is 2. The SMILES string of the molecule is Cc1cc(C)cc(OC(=O)NC(=O)[C@@H]2CC(N(C)C)CN2)c1. The lowest BCUT2D eigenvalue weighted by molar-refractivity contribution is -0.122. The van der Waals surface area contributed by atoms with Gasteiger partial charge in [0.05, 0.1) is 6.04 Å². The molecule has 0 aromatic heterocycles. The molecule has 2 N–H and O–H groups in total. The van der Waals surface area contributed by atoms with Crippen molar-refractivity contribution in [3.63, 3.8) is 0 Å². The number of nitrogens with one attached hydrogen (secondary N) is 2. The van der Waals surface area contributed by atoms with E-state index in [4.69, 9.17) is 4.74 Å². The van der Waals surface area contributed by atoms with Crippen LogP contribution in [-0.2, 0) is 4.79 Å². The maximum atomic E-state index is 12.1. The van der Waals surface area contributed by atoms with E-state index in [0.29, 0.717) is 18.2 Å². The number of hydrogen-bond acceptors (Lipinski definition) is 5. The first-order valence-electron chi connectivity index (χ1n) is 7.36. The van der Waals surface area contributed by atoms with E-state index < -0.39 is 6.09 Å². The molecule has 0 spiro atoms. The van der Waals surface area contributed by atoms with Crippen LogP contribution in [0.1, 0.15) is 17.5 Å². The smallest absolute Gasteiger partial charge is 0.410 e. The fourth-order valence-corrected chi connectivity index (χ4v) is 2.62. The summed E-state index contributed by atoms with van der Waals surface area (Å²) in [5.74, 6) is 0.0899. The fraction of sp³-hybridized carbons (Fsp3) is 0.500. The Kier molecular flexibility index (Phi) is 5.15. The molecule has 2 atom stereocenters. The summed E-state index contributed by atoms with van der Waals surface area (Å²) in [6, 6.07) is 5.44. The van der Waals surface area contributed by atoms with Gasteiger partial charge in [0.2, 0.25) is 5.91 Å². The average molecular weight is 305 g/mol. The van der Waals surface area contributed by atoms with E-state index in [1.807, 2.05) is 34.0 Å². The molecule has 2 amide bonds. The molecule has 6 heteroatoms. The molecule has 1 aliphatic heterocycles. The van der Waals surface area contributed by atoms with Crippen LogP contribution in [0.4, 0.5) is 4.79 Å². The molecular formula is C16H23N3O3. The molecule has 0 saturated carbocycles. The number of ether oxygens (including phenoxy) is 1. The molecule has 6 nitrogen and oxygen atoms in total. The first-order valence-corrected chi connectivity index (χ1v) is 7.36. The Morgan fingerprint density at radius 2 is 1.86 bits per heavy atom. The molecule has 120 valence electrons. The lowest BCUT2D eigenvalue weighted by atomic mass is 10.1. The first kappa shape index (κ1) is 16.5. The van der Waals surface area contributed by atoms with Gasteiger partial charge in [0.1, 0.15) is 5.75 Å². The maximum Gasteiger partial charge on any atom is 0.419 e. The molecule has 1 unspecified atom stereocenters. The van der Waals surface area contributed by atoms with Crippen molar-refractivity contribution in [3.05, 3.63) is 29.3 Å². The van der Waals surface area contributed by atoms with E-state index >= 15 is 0 Å². The van der Waals surface area contributed by atoms with E-state index in [2.05, 4.69) is 15.5 Å². The van der Waals surface area contributed by atoms with Crippen LogP contribution < -0.4 is 15.4 Å². The average Bonchev–Trinajstić information content (AvgIpc) is 2.86. The van der Waals surface area contributed by atoms with Crippen LogP contribution in [0.2, 0.25) is 0 Å². The third-order valence-corrected chi connectivity index (χ3v) is 3.79. The minimum absolute atomic E-state index is 0.297. The number of likely N-dealkylation sites (N-methyl/N-ethyl adjacent to an activating group) is 1. The standard InChI is InChI=1S/C16H23N3O3/c1-10-5-11(2)7-13(6-10)22-16(21)18-15(20)14-8-12(9-17-14)19(3)4/h5-7,12,14,17H,8-9H2,1-4H3,(H,18,20,21)/t12?,14-/m0/s1. The Hall–Kier alpha value is -1.92. The van der Waals surface area contributed by atoms with Crippen molar-refractivity contribution >= 4 is 12.0 Å². The monoisotopic (exact) mass is 305 g/mol. The third kappa shape index (κ3) is 4.29. The van der Waals surface area contributed by atoms with Crippen molar-refractivity contribution in [2.75, 3.05) is 20.6 Å². The number of carbonyl (C=O) groups excluding carboxylic acids is 2. The fourth-order valence-electron chi connectivity index (χ4n) is 2.62. The van der Waals surface area contributed by atoms with Gasteiger partial charge in [-0.2, -0.15) is 0 Å². The zero-order chi connectivity index (χ0) is 16.3. The number of imide groups is 1. The van der Waals surface area contributed by atoms with Gasteiger partial charge in [0.15, 0.2) is 0 Å². The maximum absolute atomic E-state index is 12.1. The molecule has 1 aromatic carbocycles. The van der Waals surface area contributed by atoms with Gasteiger partial charge in [0, 0.05) is 12.6 Å². The quantitative estimate of drug-likeness (QED) is 0.878. The van der Waals surface area contributed by atoms with Crippen LogP contribution in [0, 0.1) is 13.8 Å². The number of aryl methyl sites for hydroxylation is 2. The van der Waals surface area contributed by atoms with Crippen molar-refractivity contribution in [3.8, 4) is 5.75 Å². The summed E-state index contributed by atoms with van der Waals surface area (Å²) in [6.45, 7) is 4.58. The summed E-state index contributed by atoms with van der Waals surface area (Å²) < 4.78 is 5.17. The van der Waals surface area contributed by atoms with Gasteiger partial charge in [-0.3, -0.25) is 10.1 Å². The van der Waals surface area contributed by atoms with Crippen molar-refractivity contribution in [1.82, 2.24) is 15.5 Å². The highest BCUT2D eigenvalue weighted by atomic mass is 16.6. The van der Waals surface area contributed by atoms with Crippen LogP contribution >= 0.6 is 0 Å². The first-order chi connectivity index (χ1) is 10.3. The molecule has 1 fully saturated rings. The van der Waals surface area contributed by atoms with E-state index in [1.165, 1.54) is 0 Å². The van der Waals surface area contributed by atoms with Crippen molar-refractivity contribution in [2.45, 2.75) is 32.4 Å². The second kappa shape index (κ2) is 6.89. The normalized spacial score (nSPS) is 21.0. The van der Waals surface area contributed by atoms with Crippen LogP contribution in [0.5, 0.6) is 5.75 Å². The Morgan fingerprint density at radius 1 is 1.23 bits per heavy atom. The van der Waals surface area contributed by atoms with Crippen molar-refractivity contribution in [2.24, 2.45) is 0 Å². The summed E-state index contributed by atoms with van der Waals surface area (Å²) >= 11 is 0. The van der Waals surface area contributed by atoms with Crippen molar-refractivity contribution < 1.29 is 14.3 Å². The van der Waals surface area contributed by atoms with E-state index in [-0.39, 0.29) is 11.9 Å². The molecule has 0 bridgehead atoms. The number of amides is 2. The van der Waals surface area contributed by atoms with Gasteiger partial charge in [-0.25, -0.2) is 4.79 Å². The van der Waals surface area contributed by atoms with Crippen LogP contribution in [0.15, 0.2) is 18.2 Å². The van der Waals surface area contributed by atoms with Gasteiger partial charge >= 0.3 is 6.09 Å². The van der Waals surface area contributed by atoms with Gasteiger partial charge in [-0.15, -0.1) is 0 Å². The summed E-state index contributed by atoms with van der Waals surface area (Å²) in [5.41, 5.74) is 2.00. The minimum atomic E-state index is -0.745. The summed E-state index contributed by atoms with van der Waals surface area (Å²) in [7, 11) is 3.95. The highest BCUT2D eigenvalue weighted by Gasteiger charge is 2.31. The second-order valence-electron chi connectivity index (χ2n) is 6.02. The molecule has 0 radical (unpaired) electrons. The Balaban J connectivity index is 1.88. The minimum Gasteiger partial charge on any atom is -0.410 e. The molecule has 1 aliphatic rings. The molecular weight excluding hydrogens is 282 g/mol. The lowest BCUT2D eigenvalue weighted by Gasteiger charge is -2.17. The Bertz CT molecular complexity index is 552. The van der Waals surface area contributed by atoms with Gasteiger partial charge < -0.3 is 15.0 Å². The van der Waals surface area contributed by atoms with Gasteiger partial charge in [0.25, 0.3) is 0 Å². The zero-order valence-corrected chi connectivity index (χ0v) is 13.5.